The van der Waals surface area contributed by atoms with Crippen molar-refractivity contribution < 1.29 is 0 Å². The molecular formula is C11H19N. The Bertz CT molecular complexity index is 211. The molecular weight excluding hydrogens is 146 g/mol. The molecule has 0 radical (unpaired) electrons. The molecule has 0 aromatic heterocycles. The quantitative estimate of drug-likeness (QED) is 0.669. The first-order valence-electron chi connectivity index (χ1n) is 4.76. The molecule has 68 valence electrons. The van der Waals surface area contributed by atoms with Gasteiger partial charge in [-0.1, -0.05) is 32.9 Å². The highest BCUT2D eigenvalue weighted by Crippen LogP contribution is 2.24. The number of rotatable bonds is 2. The third-order valence-electron chi connectivity index (χ3n) is 2.20. The van der Waals surface area contributed by atoms with Crippen molar-refractivity contribution in [2.45, 2.75) is 33.6 Å². The maximum Gasteiger partial charge on any atom is 0.0305 e. The predicted octanol–water partition coefficient (Wildman–Crippen LogP) is 2.84. The molecule has 0 aromatic rings. The average Bonchev–Trinajstić information content (AvgIpc) is 1.94. The van der Waals surface area contributed by atoms with Crippen LogP contribution in [0.5, 0.6) is 0 Å². The molecule has 0 saturated carbocycles. The molecule has 0 aliphatic heterocycles. The summed E-state index contributed by atoms with van der Waals surface area (Å²) in [6.45, 7) is 6.66. The van der Waals surface area contributed by atoms with Crippen LogP contribution in [0.15, 0.2) is 23.4 Å². The highest BCUT2D eigenvalue weighted by molar-refractivity contribution is 5.31. The Morgan fingerprint density at radius 2 is 2.25 bits per heavy atom. The van der Waals surface area contributed by atoms with Crippen molar-refractivity contribution in [3.8, 4) is 0 Å². The number of allylic oxidation sites excluding steroid dienone is 3. The van der Waals surface area contributed by atoms with Crippen LogP contribution in [0.4, 0.5) is 0 Å². The monoisotopic (exact) mass is 165 g/mol. The summed E-state index contributed by atoms with van der Waals surface area (Å²) < 4.78 is 0. The van der Waals surface area contributed by atoms with E-state index in [0.29, 0.717) is 11.8 Å². The van der Waals surface area contributed by atoms with Crippen molar-refractivity contribution in [2.75, 3.05) is 0 Å². The van der Waals surface area contributed by atoms with Crippen LogP contribution in [0.25, 0.3) is 0 Å². The van der Waals surface area contributed by atoms with Crippen LogP contribution in [0.1, 0.15) is 33.6 Å². The molecule has 1 aliphatic carbocycles. The normalized spacial score (nSPS) is 23.8. The molecule has 1 aliphatic rings. The summed E-state index contributed by atoms with van der Waals surface area (Å²) in [5.74, 6) is 1.33. The van der Waals surface area contributed by atoms with E-state index in [2.05, 4.69) is 32.9 Å². The highest BCUT2D eigenvalue weighted by Gasteiger charge is 2.10. The second kappa shape index (κ2) is 3.79. The molecule has 12 heavy (non-hydrogen) atoms. The molecule has 0 aromatic carbocycles. The molecule has 1 rings (SSSR count). The number of hydrogen-bond donors (Lipinski definition) is 1. The van der Waals surface area contributed by atoms with E-state index in [9.17, 15) is 0 Å². The van der Waals surface area contributed by atoms with E-state index in [1.165, 1.54) is 5.57 Å². The van der Waals surface area contributed by atoms with Gasteiger partial charge in [0.15, 0.2) is 0 Å². The van der Waals surface area contributed by atoms with Gasteiger partial charge in [-0.25, -0.2) is 0 Å². The highest BCUT2D eigenvalue weighted by atomic mass is 14.6. The van der Waals surface area contributed by atoms with E-state index in [0.717, 1.165) is 18.5 Å². The Balaban J connectivity index is 2.61. The summed E-state index contributed by atoms with van der Waals surface area (Å²) >= 11 is 0. The first-order chi connectivity index (χ1) is 5.59. The summed E-state index contributed by atoms with van der Waals surface area (Å²) in [7, 11) is 0. The Kier molecular flexibility index (Phi) is 2.96. The van der Waals surface area contributed by atoms with Crippen LogP contribution in [0.2, 0.25) is 0 Å². The van der Waals surface area contributed by atoms with Gasteiger partial charge in [-0.3, -0.25) is 0 Å². The lowest BCUT2D eigenvalue weighted by Crippen LogP contribution is -2.10. The van der Waals surface area contributed by atoms with E-state index < -0.39 is 0 Å². The summed E-state index contributed by atoms with van der Waals surface area (Å²) in [5.41, 5.74) is 8.26. The minimum atomic E-state index is 0.626. The topological polar surface area (TPSA) is 26.0 Å². The van der Waals surface area contributed by atoms with Crippen molar-refractivity contribution in [2.24, 2.45) is 17.6 Å². The lowest BCUT2D eigenvalue weighted by molar-refractivity contribution is 0.627. The van der Waals surface area contributed by atoms with Gasteiger partial charge in [-0.05, 0) is 30.3 Å². The molecule has 0 fully saturated rings. The van der Waals surface area contributed by atoms with E-state index in [-0.39, 0.29) is 0 Å². The maximum absolute atomic E-state index is 5.91. The lowest BCUT2D eigenvalue weighted by atomic mass is 9.91. The van der Waals surface area contributed by atoms with Gasteiger partial charge >= 0.3 is 0 Å². The Morgan fingerprint density at radius 1 is 1.58 bits per heavy atom. The first-order valence-corrected chi connectivity index (χ1v) is 4.76. The zero-order valence-corrected chi connectivity index (χ0v) is 8.30. The van der Waals surface area contributed by atoms with Gasteiger partial charge in [0.05, 0.1) is 0 Å². The zero-order valence-electron chi connectivity index (χ0n) is 8.30. The van der Waals surface area contributed by atoms with Crippen LogP contribution in [0.3, 0.4) is 0 Å². The standard InChI is InChI=1S/C11H19N/c1-8(2)6-10-5-4-9(3)7-11(10)12/h5,7-9H,4,6,12H2,1-3H3. The van der Waals surface area contributed by atoms with Crippen LogP contribution < -0.4 is 5.73 Å². The van der Waals surface area contributed by atoms with Gasteiger partial charge in [0.1, 0.15) is 0 Å². The molecule has 1 unspecified atom stereocenters. The maximum atomic E-state index is 5.91. The number of nitrogens with two attached hydrogens (primary N) is 1. The van der Waals surface area contributed by atoms with Crippen molar-refractivity contribution in [3.63, 3.8) is 0 Å². The van der Waals surface area contributed by atoms with E-state index in [1.807, 2.05) is 0 Å². The van der Waals surface area contributed by atoms with Gasteiger partial charge in [-0.2, -0.15) is 0 Å². The Morgan fingerprint density at radius 3 is 2.75 bits per heavy atom. The molecule has 0 spiro atoms. The fraction of sp³-hybridized carbons (Fsp3) is 0.636. The fourth-order valence-electron chi connectivity index (χ4n) is 1.57. The Labute approximate surface area is 75.3 Å². The summed E-state index contributed by atoms with van der Waals surface area (Å²) in [6.07, 6.45) is 6.75. The van der Waals surface area contributed by atoms with Gasteiger partial charge < -0.3 is 5.73 Å². The first kappa shape index (κ1) is 9.37. The van der Waals surface area contributed by atoms with Crippen LogP contribution in [-0.2, 0) is 0 Å². The largest absolute Gasteiger partial charge is 0.399 e. The van der Waals surface area contributed by atoms with Crippen molar-refractivity contribution in [1.29, 1.82) is 0 Å². The third kappa shape index (κ3) is 2.40. The smallest absolute Gasteiger partial charge is 0.0305 e. The van der Waals surface area contributed by atoms with Crippen LogP contribution in [-0.4, -0.2) is 0 Å². The van der Waals surface area contributed by atoms with Crippen molar-refractivity contribution >= 4 is 0 Å². The molecule has 2 N–H and O–H groups in total. The lowest BCUT2D eigenvalue weighted by Gasteiger charge is -2.17. The van der Waals surface area contributed by atoms with E-state index in [1.54, 1.807) is 0 Å². The third-order valence-corrected chi connectivity index (χ3v) is 2.20. The van der Waals surface area contributed by atoms with Crippen LogP contribution >= 0.6 is 0 Å². The van der Waals surface area contributed by atoms with Gasteiger partial charge in [0, 0.05) is 5.70 Å². The van der Waals surface area contributed by atoms with Gasteiger partial charge in [0.25, 0.3) is 0 Å². The molecule has 0 amide bonds. The molecule has 1 heteroatoms. The van der Waals surface area contributed by atoms with Crippen molar-refractivity contribution in [3.05, 3.63) is 23.4 Å². The van der Waals surface area contributed by atoms with Crippen molar-refractivity contribution in [1.82, 2.24) is 0 Å². The Hall–Kier alpha value is -0.720. The molecule has 0 bridgehead atoms. The van der Waals surface area contributed by atoms with Gasteiger partial charge in [0.2, 0.25) is 0 Å². The molecule has 1 atom stereocenters. The summed E-state index contributed by atoms with van der Waals surface area (Å²) in [5, 5.41) is 0. The number of hydrogen-bond acceptors (Lipinski definition) is 1. The second-order valence-electron chi connectivity index (χ2n) is 4.16. The summed E-state index contributed by atoms with van der Waals surface area (Å²) in [6, 6.07) is 0. The van der Waals surface area contributed by atoms with E-state index in [4.69, 9.17) is 5.73 Å². The SMILES string of the molecule is CC(C)CC1=CCC(C)C=C1N. The zero-order chi connectivity index (χ0) is 9.14. The summed E-state index contributed by atoms with van der Waals surface area (Å²) in [4.78, 5) is 0. The van der Waals surface area contributed by atoms with Gasteiger partial charge in [-0.15, -0.1) is 0 Å². The second-order valence-corrected chi connectivity index (χ2v) is 4.16. The molecule has 0 heterocycles. The average molecular weight is 165 g/mol. The minimum Gasteiger partial charge on any atom is -0.399 e. The predicted molar refractivity (Wildman–Crippen MR) is 53.6 cm³/mol. The molecule has 1 nitrogen and oxygen atoms in total. The molecule has 0 saturated heterocycles. The minimum absolute atomic E-state index is 0.626. The van der Waals surface area contributed by atoms with Crippen LogP contribution in [0, 0.1) is 11.8 Å². The van der Waals surface area contributed by atoms with E-state index >= 15 is 0 Å². The fourth-order valence-corrected chi connectivity index (χ4v) is 1.57.